The number of hydrogen-bond donors (Lipinski definition) is 2. The molecular weight excluding hydrogens is 312 g/mol. The van der Waals surface area contributed by atoms with Gasteiger partial charge in [-0.05, 0) is 43.7 Å². The van der Waals surface area contributed by atoms with Gasteiger partial charge in [-0.1, -0.05) is 6.07 Å². The second-order valence-corrected chi connectivity index (χ2v) is 6.16. The minimum absolute atomic E-state index is 0.0500. The number of nitrogens with one attached hydrogen (secondary N) is 1. The summed E-state index contributed by atoms with van der Waals surface area (Å²) in [5, 5.41) is 15.1. The summed E-state index contributed by atoms with van der Waals surface area (Å²) >= 11 is 1.44. The number of hydrogen-bond acceptors (Lipinski definition) is 5. The lowest BCUT2D eigenvalue weighted by Crippen LogP contribution is -2.14. The first-order chi connectivity index (χ1) is 11.0. The van der Waals surface area contributed by atoms with Crippen molar-refractivity contribution in [2.75, 3.05) is 5.32 Å². The molecule has 0 unspecified atom stereocenters. The molecule has 2 heterocycles. The van der Waals surface area contributed by atoms with Crippen molar-refractivity contribution in [1.29, 1.82) is 0 Å². The number of aromatic nitrogens is 1. The summed E-state index contributed by atoms with van der Waals surface area (Å²) in [5.41, 5.74) is 2.04. The zero-order valence-corrected chi connectivity index (χ0v) is 13.6. The Hall–Kier alpha value is -2.60. The number of phenols is 1. The summed E-state index contributed by atoms with van der Waals surface area (Å²) in [5.74, 6) is 1.35. The normalized spacial score (nSPS) is 10.7. The predicted molar refractivity (Wildman–Crippen MR) is 89.7 cm³/mol. The molecule has 0 aliphatic heterocycles. The van der Waals surface area contributed by atoms with Crippen LogP contribution in [0.3, 0.4) is 0 Å². The first-order valence-electron chi connectivity index (χ1n) is 7.12. The van der Waals surface area contributed by atoms with Crippen LogP contribution in [0.1, 0.15) is 17.0 Å². The van der Waals surface area contributed by atoms with Crippen molar-refractivity contribution in [3.63, 3.8) is 0 Å². The monoisotopic (exact) mass is 328 g/mol. The molecule has 3 rings (SSSR count). The number of phenolic OH excluding ortho intramolecular Hbond substituents is 1. The highest BCUT2D eigenvalue weighted by atomic mass is 32.1. The fraction of sp³-hybridized carbons (Fsp3) is 0.176. The maximum atomic E-state index is 12.1. The lowest BCUT2D eigenvalue weighted by molar-refractivity contribution is -0.115. The highest BCUT2D eigenvalue weighted by Gasteiger charge is 2.12. The largest absolute Gasteiger partial charge is 0.506 e. The van der Waals surface area contributed by atoms with Gasteiger partial charge in [0, 0.05) is 5.38 Å². The molecule has 5 nitrogen and oxygen atoms in total. The highest BCUT2D eigenvalue weighted by Crippen LogP contribution is 2.27. The van der Waals surface area contributed by atoms with Gasteiger partial charge in [0.1, 0.15) is 11.5 Å². The van der Waals surface area contributed by atoms with Crippen LogP contribution in [0.25, 0.3) is 10.8 Å². The van der Waals surface area contributed by atoms with E-state index in [1.54, 1.807) is 18.2 Å². The quantitative estimate of drug-likeness (QED) is 0.712. The van der Waals surface area contributed by atoms with Crippen LogP contribution < -0.4 is 5.32 Å². The van der Waals surface area contributed by atoms with Crippen molar-refractivity contribution in [2.24, 2.45) is 0 Å². The second kappa shape index (κ2) is 6.26. The van der Waals surface area contributed by atoms with E-state index in [-0.39, 0.29) is 18.1 Å². The van der Waals surface area contributed by atoms with Crippen molar-refractivity contribution < 1.29 is 14.3 Å². The van der Waals surface area contributed by atoms with E-state index in [0.717, 1.165) is 16.3 Å². The smallest absolute Gasteiger partial charge is 0.230 e. The Morgan fingerprint density at radius 1 is 1.30 bits per heavy atom. The Balaban J connectivity index is 1.69. The molecule has 118 valence electrons. The van der Waals surface area contributed by atoms with Crippen molar-refractivity contribution in [2.45, 2.75) is 20.3 Å². The van der Waals surface area contributed by atoms with Crippen molar-refractivity contribution in [3.05, 3.63) is 52.7 Å². The van der Waals surface area contributed by atoms with Crippen LogP contribution >= 0.6 is 11.3 Å². The molecule has 0 spiro atoms. The molecule has 23 heavy (non-hydrogen) atoms. The summed E-state index contributed by atoms with van der Waals surface area (Å²) in [6, 6.07) is 8.81. The maximum absolute atomic E-state index is 12.1. The Morgan fingerprint density at radius 3 is 2.87 bits per heavy atom. The van der Waals surface area contributed by atoms with Gasteiger partial charge >= 0.3 is 0 Å². The van der Waals surface area contributed by atoms with E-state index in [4.69, 9.17) is 4.42 Å². The topological polar surface area (TPSA) is 75.4 Å². The number of thiazole rings is 1. The third-order valence-electron chi connectivity index (χ3n) is 3.27. The van der Waals surface area contributed by atoms with E-state index in [2.05, 4.69) is 10.3 Å². The van der Waals surface area contributed by atoms with Gasteiger partial charge in [0.25, 0.3) is 0 Å². The van der Waals surface area contributed by atoms with Crippen LogP contribution in [0.4, 0.5) is 5.69 Å². The van der Waals surface area contributed by atoms with Gasteiger partial charge in [0.15, 0.2) is 10.8 Å². The standard InChI is InChI=1S/C17H16N2O3S/c1-10-3-5-14(20)13(7-10)19-16(21)8-12-9-23-17(18-12)15-6-4-11(2)22-15/h3-7,9,20H,8H2,1-2H3,(H,19,21). The molecule has 1 amide bonds. The van der Waals surface area contributed by atoms with Crippen LogP contribution in [0.15, 0.2) is 40.1 Å². The molecule has 0 bridgehead atoms. The first-order valence-corrected chi connectivity index (χ1v) is 8.00. The Labute approximate surface area is 137 Å². The van der Waals surface area contributed by atoms with Gasteiger partial charge in [-0.2, -0.15) is 0 Å². The molecule has 2 N–H and O–H groups in total. The summed E-state index contributed by atoms with van der Waals surface area (Å²) in [6.07, 6.45) is 0.142. The summed E-state index contributed by atoms with van der Waals surface area (Å²) in [6.45, 7) is 3.77. The van der Waals surface area contributed by atoms with Crippen LogP contribution in [0.5, 0.6) is 5.75 Å². The van der Waals surface area contributed by atoms with E-state index in [1.807, 2.05) is 31.4 Å². The zero-order chi connectivity index (χ0) is 16.4. The van der Waals surface area contributed by atoms with E-state index in [0.29, 0.717) is 17.1 Å². The van der Waals surface area contributed by atoms with Gasteiger partial charge in [-0.3, -0.25) is 4.79 Å². The number of aromatic hydroxyl groups is 1. The Morgan fingerprint density at radius 2 is 2.13 bits per heavy atom. The molecule has 3 aromatic rings. The van der Waals surface area contributed by atoms with Crippen molar-refractivity contribution in [1.82, 2.24) is 4.98 Å². The molecule has 0 fully saturated rings. The number of furan rings is 1. The lowest BCUT2D eigenvalue weighted by atomic mass is 10.2. The van der Waals surface area contributed by atoms with Crippen LogP contribution in [-0.2, 0) is 11.2 Å². The number of nitrogens with zero attached hydrogens (tertiary/aromatic N) is 1. The van der Waals surface area contributed by atoms with E-state index in [1.165, 1.54) is 11.3 Å². The van der Waals surface area contributed by atoms with Crippen LogP contribution in [-0.4, -0.2) is 16.0 Å². The molecule has 1 aromatic carbocycles. The Bertz CT molecular complexity index is 851. The minimum Gasteiger partial charge on any atom is -0.506 e. The third kappa shape index (κ3) is 3.60. The number of carbonyl (C=O) groups excluding carboxylic acids is 1. The van der Waals surface area contributed by atoms with Crippen LogP contribution in [0, 0.1) is 13.8 Å². The first kappa shape index (κ1) is 15.3. The Kier molecular flexibility index (Phi) is 4.16. The van der Waals surface area contributed by atoms with Gasteiger partial charge in [0.2, 0.25) is 5.91 Å². The number of rotatable bonds is 4. The molecule has 0 saturated carbocycles. The molecule has 0 atom stereocenters. The summed E-state index contributed by atoms with van der Waals surface area (Å²) in [7, 11) is 0. The number of carbonyl (C=O) groups is 1. The third-order valence-corrected chi connectivity index (χ3v) is 4.18. The SMILES string of the molecule is Cc1ccc(O)c(NC(=O)Cc2csc(-c3ccc(C)o3)n2)c1. The molecule has 0 aliphatic rings. The average Bonchev–Trinajstić information content (AvgIpc) is 3.12. The number of anilines is 1. The van der Waals surface area contributed by atoms with Gasteiger partial charge < -0.3 is 14.8 Å². The predicted octanol–water partition coefficient (Wildman–Crippen LogP) is 3.91. The van der Waals surface area contributed by atoms with E-state index in [9.17, 15) is 9.90 Å². The molecule has 0 radical (unpaired) electrons. The summed E-state index contributed by atoms with van der Waals surface area (Å²) in [4.78, 5) is 16.5. The zero-order valence-electron chi connectivity index (χ0n) is 12.8. The van der Waals surface area contributed by atoms with Crippen molar-refractivity contribution >= 4 is 22.9 Å². The molecule has 2 aromatic heterocycles. The number of benzene rings is 1. The minimum atomic E-state index is -0.224. The number of amides is 1. The molecule has 0 saturated heterocycles. The van der Waals surface area contributed by atoms with Crippen molar-refractivity contribution in [3.8, 4) is 16.5 Å². The summed E-state index contributed by atoms with van der Waals surface area (Å²) < 4.78 is 5.53. The second-order valence-electron chi connectivity index (χ2n) is 5.30. The fourth-order valence-corrected chi connectivity index (χ4v) is 2.94. The van der Waals surface area contributed by atoms with E-state index < -0.39 is 0 Å². The molecule has 6 heteroatoms. The van der Waals surface area contributed by atoms with Gasteiger partial charge in [-0.25, -0.2) is 4.98 Å². The lowest BCUT2D eigenvalue weighted by Gasteiger charge is -2.07. The number of aryl methyl sites for hydroxylation is 2. The highest BCUT2D eigenvalue weighted by molar-refractivity contribution is 7.13. The fourth-order valence-electron chi connectivity index (χ4n) is 2.16. The van der Waals surface area contributed by atoms with E-state index >= 15 is 0 Å². The van der Waals surface area contributed by atoms with Gasteiger partial charge in [-0.15, -0.1) is 11.3 Å². The molecule has 0 aliphatic carbocycles. The van der Waals surface area contributed by atoms with Gasteiger partial charge in [0.05, 0.1) is 17.8 Å². The molecular formula is C17H16N2O3S. The maximum Gasteiger partial charge on any atom is 0.230 e. The average molecular weight is 328 g/mol. The van der Waals surface area contributed by atoms with Crippen LogP contribution in [0.2, 0.25) is 0 Å².